The first-order chi connectivity index (χ1) is 17.3. The monoisotopic (exact) mass is 472 g/mol. The Balaban J connectivity index is 1.52. The highest BCUT2D eigenvalue weighted by molar-refractivity contribution is 5.98. The predicted molar refractivity (Wildman–Crippen MR) is 148 cm³/mol. The number of nitrogens with zero attached hydrogens (tertiary/aromatic N) is 4. The van der Waals surface area contributed by atoms with Crippen LogP contribution in [0.4, 0.5) is 22.7 Å². The second-order valence-electron chi connectivity index (χ2n) is 9.36. The Hall–Kier alpha value is -4.38. The summed E-state index contributed by atoms with van der Waals surface area (Å²) in [4.78, 5) is 0. The second kappa shape index (κ2) is 9.34. The lowest BCUT2D eigenvalue weighted by molar-refractivity contribution is 0.482. The summed E-state index contributed by atoms with van der Waals surface area (Å²) < 4.78 is 0. The number of benzene rings is 5. The highest BCUT2D eigenvalue weighted by atomic mass is 16.3. The van der Waals surface area contributed by atoms with Gasteiger partial charge in [0.2, 0.25) is 0 Å². The Bertz CT molecular complexity index is 1680. The zero-order valence-electron chi connectivity index (χ0n) is 21.2. The van der Waals surface area contributed by atoms with Crippen LogP contribution in [0.3, 0.4) is 0 Å². The molecule has 0 bridgehead atoms. The summed E-state index contributed by atoms with van der Waals surface area (Å²) in [7, 11) is 0. The van der Waals surface area contributed by atoms with Crippen molar-refractivity contribution in [3.05, 3.63) is 101 Å². The fraction of sp³-hybridized carbons (Fsp3) is 0.161. The van der Waals surface area contributed by atoms with E-state index in [9.17, 15) is 5.11 Å². The normalized spacial score (nSPS) is 11.9. The van der Waals surface area contributed by atoms with Crippen molar-refractivity contribution in [3.63, 3.8) is 0 Å². The summed E-state index contributed by atoms with van der Waals surface area (Å²) in [5.74, 6) is 0.163. The Labute approximate surface area is 210 Å². The van der Waals surface area contributed by atoms with Crippen LogP contribution in [0, 0.1) is 34.6 Å². The summed E-state index contributed by atoms with van der Waals surface area (Å²) in [6.45, 7) is 10.2. The molecule has 178 valence electrons. The summed E-state index contributed by atoms with van der Waals surface area (Å²) in [5, 5.41) is 32.7. The summed E-state index contributed by atoms with van der Waals surface area (Å²) in [6, 6.07) is 23.9. The van der Waals surface area contributed by atoms with E-state index >= 15 is 0 Å². The zero-order chi connectivity index (χ0) is 25.4. The van der Waals surface area contributed by atoms with Gasteiger partial charge in [-0.15, -0.1) is 10.2 Å². The first-order valence-corrected chi connectivity index (χ1v) is 12.0. The van der Waals surface area contributed by atoms with Crippen molar-refractivity contribution in [2.75, 3.05) is 0 Å². The Morgan fingerprint density at radius 2 is 1.28 bits per heavy atom. The van der Waals surface area contributed by atoms with E-state index in [-0.39, 0.29) is 5.75 Å². The molecule has 5 nitrogen and oxygen atoms in total. The van der Waals surface area contributed by atoms with E-state index < -0.39 is 0 Å². The van der Waals surface area contributed by atoms with Crippen molar-refractivity contribution in [1.82, 2.24) is 0 Å². The molecule has 0 unspecified atom stereocenters. The van der Waals surface area contributed by atoms with E-state index in [1.807, 2.05) is 81.4 Å². The number of rotatable bonds is 4. The van der Waals surface area contributed by atoms with Crippen LogP contribution in [0.5, 0.6) is 5.75 Å². The highest BCUT2D eigenvalue weighted by Gasteiger charge is 2.13. The SMILES string of the molecule is Cc1ccc(N=Nc2cc3cccc(N=Nc4ccc5c(C)cc(C)c(C)c5c4O)c3cc2C)cc1. The van der Waals surface area contributed by atoms with Crippen LogP contribution in [-0.2, 0) is 0 Å². The third kappa shape index (κ3) is 4.36. The van der Waals surface area contributed by atoms with E-state index in [0.29, 0.717) is 5.69 Å². The molecule has 0 radical (unpaired) electrons. The van der Waals surface area contributed by atoms with E-state index in [2.05, 4.69) is 46.4 Å². The quantitative estimate of drug-likeness (QED) is 0.260. The molecule has 36 heavy (non-hydrogen) atoms. The topological polar surface area (TPSA) is 69.7 Å². The van der Waals surface area contributed by atoms with Gasteiger partial charge in [-0.05, 0) is 104 Å². The molecule has 5 aromatic rings. The third-order valence-electron chi connectivity index (χ3n) is 6.73. The molecule has 0 saturated carbocycles. The van der Waals surface area contributed by atoms with Crippen molar-refractivity contribution < 1.29 is 5.11 Å². The molecule has 0 spiro atoms. The first kappa shape index (κ1) is 23.4. The van der Waals surface area contributed by atoms with E-state index in [0.717, 1.165) is 60.9 Å². The highest BCUT2D eigenvalue weighted by Crippen LogP contribution is 2.40. The minimum atomic E-state index is 0.163. The molecule has 5 aromatic carbocycles. The molecule has 0 heterocycles. The van der Waals surface area contributed by atoms with Gasteiger partial charge in [-0.1, -0.05) is 42.0 Å². The Morgan fingerprint density at radius 3 is 2.06 bits per heavy atom. The van der Waals surface area contributed by atoms with Crippen molar-refractivity contribution in [2.45, 2.75) is 34.6 Å². The van der Waals surface area contributed by atoms with E-state index in [4.69, 9.17) is 0 Å². The lowest BCUT2D eigenvalue weighted by Crippen LogP contribution is -1.88. The van der Waals surface area contributed by atoms with Gasteiger partial charge in [0, 0.05) is 10.8 Å². The number of hydrogen-bond acceptors (Lipinski definition) is 5. The molecule has 0 aromatic heterocycles. The molecule has 5 heteroatoms. The summed E-state index contributed by atoms with van der Waals surface area (Å²) in [5.41, 5.74) is 8.33. The summed E-state index contributed by atoms with van der Waals surface area (Å²) in [6.07, 6.45) is 0. The van der Waals surface area contributed by atoms with Gasteiger partial charge in [-0.3, -0.25) is 0 Å². The molecule has 0 aliphatic carbocycles. The fourth-order valence-electron chi connectivity index (χ4n) is 4.51. The smallest absolute Gasteiger partial charge is 0.151 e. The van der Waals surface area contributed by atoms with E-state index in [1.165, 1.54) is 5.56 Å². The van der Waals surface area contributed by atoms with Crippen molar-refractivity contribution in [1.29, 1.82) is 0 Å². The summed E-state index contributed by atoms with van der Waals surface area (Å²) >= 11 is 0. The Kier molecular flexibility index (Phi) is 6.06. The molecule has 0 aliphatic rings. The maximum Gasteiger partial charge on any atom is 0.151 e. The van der Waals surface area contributed by atoms with Crippen molar-refractivity contribution >= 4 is 44.3 Å². The zero-order valence-corrected chi connectivity index (χ0v) is 21.2. The number of fused-ring (bicyclic) bond motifs is 2. The molecule has 1 N–H and O–H groups in total. The van der Waals surface area contributed by atoms with Crippen LogP contribution in [0.15, 0.2) is 93.3 Å². The lowest BCUT2D eigenvalue weighted by atomic mass is 9.95. The Morgan fingerprint density at radius 1 is 0.556 bits per heavy atom. The van der Waals surface area contributed by atoms with Gasteiger partial charge >= 0.3 is 0 Å². The minimum Gasteiger partial charge on any atom is -0.505 e. The molecule has 0 amide bonds. The van der Waals surface area contributed by atoms with Gasteiger partial charge in [-0.2, -0.15) is 10.2 Å². The number of phenols is 1. The maximum absolute atomic E-state index is 11.0. The van der Waals surface area contributed by atoms with Gasteiger partial charge < -0.3 is 5.11 Å². The van der Waals surface area contributed by atoms with Gasteiger partial charge in [0.05, 0.1) is 17.1 Å². The molecule has 0 fully saturated rings. The standard InChI is InChI=1S/C31H28N4O/c1-18-9-11-24(12-10-18)32-35-29-17-23-7-6-8-27(26(23)16-21(29)4)33-34-28-14-13-25-20(3)15-19(2)22(5)30(25)31(28)36/h6-17,36H,1-5H3. The predicted octanol–water partition coefficient (Wildman–Crippen LogP) is 10.1. The van der Waals surface area contributed by atoms with E-state index in [1.54, 1.807) is 0 Å². The second-order valence-corrected chi connectivity index (χ2v) is 9.36. The molecular weight excluding hydrogens is 444 g/mol. The molecular formula is C31H28N4O. The third-order valence-corrected chi connectivity index (χ3v) is 6.73. The maximum atomic E-state index is 11.0. The average Bonchev–Trinajstić information content (AvgIpc) is 2.86. The van der Waals surface area contributed by atoms with Crippen LogP contribution in [0.25, 0.3) is 21.5 Å². The van der Waals surface area contributed by atoms with Crippen molar-refractivity contribution in [3.8, 4) is 5.75 Å². The molecule has 0 atom stereocenters. The van der Waals surface area contributed by atoms with Gasteiger partial charge in [0.15, 0.2) is 5.75 Å². The van der Waals surface area contributed by atoms with Crippen LogP contribution >= 0.6 is 0 Å². The lowest BCUT2D eigenvalue weighted by Gasteiger charge is -2.12. The van der Waals surface area contributed by atoms with Crippen LogP contribution in [0.2, 0.25) is 0 Å². The number of phenolic OH excluding ortho intramolecular Hbond substituents is 1. The largest absolute Gasteiger partial charge is 0.505 e. The fourth-order valence-corrected chi connectivity index (χ4v) is 4.51. The van der Waals surface area contributed by atoms with Gasteiger partial charge in [0.1, 0.15) is 5.69 Å². The first-order valence-electron chi connectivity index (χ1n) is 12.0. The van der Waals surface area contributed by atoms with Crippen molar-refractivity contribution in [2.24, 2.45) is 20.5 Å². The number of aromatic hydroxyl groups is 1. The minimum absolute atomic E-state index is 0.163. The van der Waals surface area contributed by atoms with Crippen LogP contribution in [0.1, 0.15) is 27.8 Å². The molecule has 0 aliphatic heterocycles. The average molecular weight is 473 g/mol. The van der Waals surface area contributed by atoms with Gasteiger partial charge in [0.25, 0.3) is 0 Å². The molecule has 5 rings (SSSR count). The number of aryl methyl sites for hydroxylation is 5. The van der Waals surface area contributed by atoms with Gasteiger partial charge in [-0.25, -0.2) is 0 Å². The molecule has 0 saturated heterocycles. The van der Waals surface area contributed by atoms with Crippen LogP contribution in [-0.4, -0.2) is 5.11 Å². The number of azo groups is 2. The number of hydrogen-bond donors (Lipinski definition) is 1. The van der Waals surface area contributed by atoms with Crippen LogP contribution < -0.4 is 0 Å².